The van der Waals surface area contributed by atoms with E-state index in [0.29, 0.717) is 36.8 Å². The zero-order valence-corrected chi connectivity index (χ0v) is 30.0. The normalized spacial score (nSPS) is 35.5. The van der Waals surface area contributed by atoms with Gasteiger partial charge >= 0.3 is 23.9 Å². The van der Waals surface area contributed by atoms with E-state index < -0.39 is 57.2 Å². The van der Waals surface area contributed by atoms with E-state index in [0.717, 1.165) is 5.57 Å². The van der Waals surface area contributed by atoms with Gasteiger partial charge < -0.3 is 23.7 Å². The van der Waals surface area contributed by atoms with E-state index in [1.807, 2.05) is 6.07 Å². The Balaban J connectivity index is 1.56. The quantitative estimate of drug-likeness (QED) is 0.257. The summed E-state index contributed by atoms with van der Waals surface area (Å²) >= 11 is 0. The van der Waals surface area contributed by atoms with E-state index in [1.165, 1.54) is 14.2 Å². The molecule has 1 spiro atoms. The van der Waals surface area contributed by atoms with E-state index in [4.69, 9.17) is 23.7 Å². The lowest BCUT2D eigenvalue weighted by atomic mass is 9.36. The van der Waals surface area contributed by atoms with Crippen LogP contribution in [-0.4, -0.2) is 68.3 Å². The first-order chi connectivity index (χ1) is 23.0. The van der Waals surface area contributed by atoms with Crippen molar-refractivity contribution in [1.82, 2.24) is 0 Å². The lowest BCUT2D eigenvalue weighted by Crippen LogP contribution is -2.69. The molecule has 5 aliphatic rings. The Kier molecular flexibility index (Phi) is 8.69. The number of rotatable bonds is 7. The van der Waals surface area contributed by atoms with E-state index >= 15 is 0 Å². The van der Waals surface area contributed by atoms with Crippen molar-refractivity contribution in [2.24, 2.45) is 39.4 Å². The van der Waals surface area contributed by atoms with Crippen molar-refractivity contribution in [3.63, 3.8) is 0 Å². The average Bonchev–Trinajstić information content (AvgIpc) is 3.28. The second-order valence-corrected chi connectivity index (χ2v) is 16.5. The Morgan fingerprint density at radius 2 is 1.67 bits per heavy atom. The molecule has 8 atom stereocenters. The Morgan fingerprint density at radius 3 is 2.33 bits per heavy atom. The van der Waals surface area contributed by atoms with Crippen LogP contribution in [-0.2, 0) is 42.9 Å². The van der Waals surface area contributed by atoms with Crippen molar-refractivity contribution < 1.29 is 47.7 Å². The van der Waals surface area contributed by atoms with Crippen LogP contribution in [0.25, 0.3) is 0 Å². The summed E-state index contributed by atoms with van der Waals surface area (Å²) in [5.41, 5.74) is -1.93. The second kappa shape index (κ2) is 12.1. The molecular formula is C39H50O10. The molecule has 2 heterocycles. The van der Waals surface area contributed by atoms with Gasteiger partial charge in [0.05, 0.1) is 50.2 Å². The summed E-state index contributed by atoms with van der Waals surface area (Å²) in [4.78, 5) is 67.1. The molecule has 3 aliphatic carbocycles. The summed E-state index contributed by atoms with van der Waals surface area (Å²) < 4.78 is 29.6. The lowest BCUT2D eigenvalue weighted by molar-refractivity contribution is -0.230. The van der Waals surface area contributed by atoms with Gasteiger partial charge in [0.15, 0.2) is 5.78 Å². The molecule has 0 unspecified atom stereocenters. The van der Waals surface area contributed by atoms with Gasteiger partial charge in [0.1, 0.15) is 12.7 Å². The highest BCUT2D eigenvalue weighted by atomic mass is 16.6. The van der Waals surface area contributed by atoms with Crippen LogP contribution in [0.1, 0.15) is 96.8 Å². The minimum absolute atomic E-state index is 0.0784. The summed E-state index contributed by atoms with van der Waals surface area (Å²) in [5, 5.41) is 0. The van der Waals surface area contributed by atoms with Crippen LogP contribution in [0, 0.1) is 39.4 Å². The van der Waals surface area contributed by atoms with Gasteiger partial charge in [-0.05, 0) is 68.4 Å². The number of benzene rings is 1. The highest BCUT2D eigenvalue weighted by molar-refractivity contribution is 6.03. The number of hydrogen-bond donors (Lipinski definition) is 0. The maximum Gasteiger partial charge on any atom is 0.338 e. The fraction of sp³-hybridized carbons (Fsp3) is 0.667. The van der Waals surface area contributed by atoms with Gasteiger partial charge in [-0.15, -0.1) is 0 Å². The smallest absolute Gasteiger partial charge is 0.338 e. The zero-order chi connectivity index (χ0) is 35.7. The predicted octanol–water partition coefficient (Wildman–Crippen LogP) is 5.80. The van der Waals surface area contributed by atoms with Gasteiger partial charge in [-0.25, -0.2) is 4.79 Å². The predicted molar refractivity (Wildman–Crippen MR) is 177 cm³/mol. The first-order valence-electron chi connectivity index (χ1n) is 17.5. The Morgan fingerprint density at radius 1 is 0.980 bits per heavy atom. The van der Waals surface area contributed by atoms with Gasteiger partial charge in [0.25, 0.3) is 0 Å². The maximum atomic E-state index is 14.1. The van der Waals surface area contributed by atoms with Crippen LogP contribution in [0.5, 0.6) is 0 Å². The number of methoxy groups -OCH3 is 2. The maximum absolute atomic E-state index is 14.1. The number of cyclic esters (lactones) is 1. The first kappa shape index (κ1) is 35.3. The number of fused-ring (bicyclic) bond motifs is 3. The highest BCUT2D eigenvalue weighted by Gasteiger charge is 2.76. The third kappa shape index (κ3) is 5.18. The monoisotopic (exact) mass is 678 g/mol. The third-order valence-corrected chi connectivity index (χ3v) is 13.5. The van der Waals surface area contributed by atoms with E-state index in [9.17, 15) is 24.0 Å². The van der Waals surface area contributed by atoms with Crippen LogP contribution in [0.4, 0.5) is 0 Å². The average molecular weight is 679 g/mol. The third-order valence-electron chi connectivity index (χ3n) is 13.5. The van der Waals surface area contributed by atoms with Crippen molar-refractivity contribution >= 4 is 29.7 Å². The number of Topliss-reactive ketones (excluding diaryl/α,β-unsaturated/α-hetero) is 1. The first-order valence-corrected chi connectivity index (χ1v) is 17.5. The zero-order valence-electron chi connectivity index (χ0n) is 30.0. The molecular weight excluding hydrogens is 628 g/mol. The molecule has 6 rings (SSSR count). The van der Waals surface area contributed by atoms with Gasteiger partial charge in [0, 0.05) is 28.7 Å². The number of esters is 4. The van der Waals surface area contributed by atoms with Crippen molar-refractivity contribution in [2.45, 2.75) is 104 Å². The molecule has 0 N–H and O–H groups in total. The summed E-state index contributed by atoms with van der Waals surface area (Å²) in [6.07, 6.45) is 1.35. The molecule has 2 aliphatic heterocycles. The van der Waals surface area contributed by atoms with Crippen LogP contribution >= 0.6 is 0 Å². The molecule has 4 fully saturated rings. The number of carbonyl (C=O) groups excluding carboxylic acids is 5. The molecule has 1 aromatic rings. The molecule has 0 aromatic heterocycles. The summed E-state index contributed by atoms with van der Waals surface area (Å²) in [7, 11) is 2.60. The fourth-order valence-corrected chi connectivity index (χ4v) is 11.1. The Bertz CT molecular complexity index is 1590. The highest BCUT2D eigenvalue weighted by Crippen LogP contribution is 2.75. The van der Waals surface area contributed by atoms with E-state index in [2.05, 4.69) is 27.7 Å². The Hall–Kier alpha value is -3.53. The number of allylic oxidation sites excluding steroid dienone is 1. The van der Waals surface area contributed by atoms with Gasteiger partial charge in [-0.3, -0.25) is 19.2 Å². The largest absolute Gasteiger partial charge is 0.469 e. The van der Waals surface area contributed by atoms with Crippen molar-refractivity contribution in [3.8, 4) is 0 Å². The molecule has 266 valence electrons. The van der Waals surface area contributed by atoms with Gasteiger partial charge in [-0.2, -0.15) is 0 Å². The van der Waals surface area contributed by atoms with Crippen LogP contribution < -0.4 is 0 Å². The molecule has 1 aromatic carbocycles. The van der Waals surface area contributed by atoms with Gasteiger partial charge in [0.2, 0.25) is 0 Å². The minimum Gasteiger partial charge on any atom is -0.469 e. The second-order valence-electron chi connectivity index (χ2n) is 16.5. The number of hydrogen-bond acceptors (Lipinski definition) is 10. The van der Waals surface area contributed by atoms with Gasteiger partial charge in [-0.1, -0.05) is 51.5 Å². The molecule has 10 heteroatoms. The lowest BCUT2D eigenvalue weighted by Gasteiger charge is -2.68. The molecule has 0 radical (unpaired) electrons. The van der Waals surface area contributed by atoms with Crippen LogP contribution in [0.3, 0.4) is 0 Å². The number of ketones is 1. The van der Waals surface area contributed by atoms with Crippen molar-refractivity contribution in [2.75, 3.05) is 20.8 Å². The molecule has 49 heavy (non-hydrogen) atoms. The Labute approximate surface area is 288 Å². The fourth-order valence-electron chi connectivity index (χ4n) is 11.1. The summed E-state index contributed by atoms with van der Waals surface area (Å²) in [6.45, 7) is 12.2. The molecule has 2 saturated heterocycles. The summed E-state index contributed by atoms with van der Waals surface area (Å²) in [5.74, 6) is -3.13. The van der Waals surface area contributed by atoms with E-state index in [1.54, 1.807) is 38.1 Å². The molecule has 0 amide bonds. The van der Waals surface area contributed by atoms with Crippen LogP contribution in [0.2, 0.25) is 0 Å². The SMILES string of the molecule is COC(=O)CC(C)(C)[C@H](C(=O)OC)C1=C2CC[C@@H]3[C@@]45COC(=O)C[C@@H]4OC(C)(C)[C@@H]5C[C@@H](OC(=O)c4ccccc4)[C@@]3(C)[C@]2(C)CCC1=O. The summed E-state index contributed by atoms with van der Waals surface area (Å²) in [6, 6.07) is 8.93. The van der Waals surface area contributed by atoms with Crippen molar-refractivity contribution in [3.05, 3.63) is 47.0 Å². The van der Waals surface area contributed by atoms with E-state index in [-0.39, 0.29) is 55.6 Å². The standard InChI is InChI=1S/C39H50O10/c1-35(2,20-30(42)45-7)32(34(44)46-8)31-23-14-15-25-38(6,37(23,5)17-16-24(31)40)27(48-33(43)22-12-10-9-11-13-22)18-26-36(3,4)49-28-19-29(41)47-21-39(25,26)28/h9-13,25-28,32H,14-21H2,1-8H3/t25-,26-,27+,28-,32-,37+,38-,39+/m0/s1. The van der Waals surface area contributed by atoms with Crippen molar-refractivity contribution in [1.29, 1.82) is 0 Å². The molecule has 2 saturated carbocycles. The molecule has 0 bridgehead atoms. The molecule has 10 nitrogen and oxygen atoms in total. The topological polar surface area (TPSA) is 132 Å². The minimum atomic E-state index is -1.02. The number of carbonyl (C=O) groups is 5. The number of ether oxygens (including phenoxy) is 5. The van der Waals surface area contributed by atoms with Crippen LogP contribution in [0.15, 0.2) is 41.5 Å².